The van der Waals surface area contributed by atoms with Crippen LogP contribution in [-0.4, -0.2) is 4.92 Å². The van der Waals surface area contributed by atoms with Gasteiger partial charge in [-0.25, -0.2) is 0 Å². The summed E-state index contributed by atoms with van der Waals surface area (Å²) in [6, 6.07) is 17.1. The molecule has 0 heterocycles. The van der Waals surface area contributed by atoms with Crippen LogP contribution in [0.2, 0.25) is 5.02 Å². The topological polar surface area (TPSA) is 76.2 Å². The zero-order valence-corrected chi connectivity index (χ0v) is 16.3. The van der Waals surface area contributed by atoms with Gasteiger partial charge in [-0.05, 0) is 42.0 Å². The molecule has 3 rings (SSSR count). The number of nitro groups is 1. The molecule has 0 aromatic heterocycles. The fourth-order valence-corrected chi connectivity index (χ4v) is 2.94. The lowest BCUT2D eigenvalue weighted by Gasteiger charge is -2.10. The largest absolute Gasteiger partial charge is 0.450 e. The quantitative estimate of drug-likeness (QED) is 0.181. The van der Waals surface area contributed by atoms with Gasteiger partial charge in [-0.1, -0.05) is 41.9 Å². The molecular formula is C22H12ClF3N2O3. The van der Waals surface area contributed by atoms with Crippen LogP contribution in [0.25, 0.3) is 11.6 Å². The van der Waals surface area contributed by atoms with Crippen LogP contribution < -0.4 is 4.74 Å². The summed E-state index contributed by atoms with van der Waals surface area (Å²) in [5.74, 6) is -0.147. The van der Waals surface area contributed by atoms with Crippen LogP contribution in [-0.2, 0) is 6.18 Å². The molecule has 0 amide bonds. The maximum atomic E-state index is 12.8. The van der Waals surface area contributed by atoms with Crippen LogP contribution in [0.1, 0.15) is 16.7 Å². The van der Waals surface area contributed by atoms with Crippen molar-refractivity contribution in [3.8, 4) is 17.6 Å². The van der Waals surface area contributed by atoms with E-state index in [2.05, 4.69) is 6.07 Å². The lowest BCUT2D eigenvalue weighted by atomic mass is 10.0. The van der Waals surface area contributed by atoms with Gasteiger partial charge in [0, 0.05) is 16.7 Å². The van der Waals surface area contributed by atoms with E-state index in [1.807, 2.05) is 0 Å². The third-order valence-corrected chi connectivity index (χ3v) is 4.52. The molecule has 0 saturated heterocycles. The number of rotatable bonds is 5. The van der Waals surface area contributed by atoms with Crippen molar-refractivity contribution < 1.29 is 22.8 Å². The number of nitro benzene ring substituents is 1. The average Bonchev–Trinajstić information content (AvgIpc) is 2.73. The normalized spacial score (nSPS) is 11.6. The van der Waals surface area contributed by atoms with Crippen molar-refractivity contribution in [2.75, 3.05) is 0 Å². The second-order valence-corrected chi connectivity index (χ2v) is 6.67. The Kier molecular flexibility index (Phi) is 6.28. The molecule has 3 aromatic rings. The Morgan fingerprint density at radius 1 is 1.10 bits per heavy atom. The van der Waals surface area contributed by atoms with Crippen molar-refractivity contribution in [1.29, 1.82) is 5.26 Å². The SMILES string of the molecule is N#CC(=Cc1ccc(Oc2ccc(C(F)(F)F)cc2[N+](=O)[O-])cc1)c1ccccc1Cl. The molecule has 0 aliphatic heterocycles. The van der Waals surface area contributed by atoms with Gasteiger partial charge >= 0.3 is 11.9 Å². The summed E-state index contributed by atoms with van der Waals surface area (Å²) in [5, 5.41) is 21.0. The third kappa shape index (κ3) is 5.21. The molecule has 0 radical (unpaired) electrons. The van der Waals surface area contributed by atoms with Crippen LogP contribution in [0.15, 0.2) is 66.7 Å². The number of allylic oxidation sites excluding steroid dienone is 1. The first kappa shape index (κ1) is 21.9. The summed E-state index contributed by atoms with van der Waals surface area (Å²) in [5.41, 5.74) is -0.421. The average molecular weight is 445 g/mol. The zero-order chi connectivity index (χ0) is 22.6. The van der Waals surface area contributed by atoms with Crippen molar-refractivity contribution in [3.63, 3.8) is 0 Å². The maximum absolute atomic E-state index is 12.8. The van der Waals surface area contributed by atoms with E-state index in [1.54, 1.807) is 42.5 Å². The van der Waals surface area contributed by atoms with Crippen LogP contribution in [0, 0.1) is 21.4 Å². The molecular weight excluding hydrogens is 433 g/mol. The number of ether oxygens (including phenoxy) is 1. The summed E-state index contributed by atoms with van der Waals surface area (Å²) < 4.78 is 43.9. The molecule has 0 unspecified atom stereocenters. The van der Waals surface area contributed by atoms with E-state index in [9.17, 15) is 28.5 Å². The van der Waals surface area contributed by atoms with Crippen LogP contribution in [0.3, 0.4) is 0 Å². The third-order valence-electron chi connectivity index (χ3n) is 4.19. The van der Waals surface area contributed by atoms with Crippen molar-refractivity contribution in [2.24, 2.45) is 0 Å². The number of nitriles is 1. The maximum Gasteiger partial charge on any atom is 0.416 e. The molecule has 3 aromatic carbocycles. The van der Waals surface area contributed by atoms with E-state index in [-0.39, 0.29) is 11.5 Å². The van der Waals surface area contributed by atoms with E-state index in [1.165, 1.54) is 12.1 Å². The molecule has 156 valence electrons. The molecule has 0 fully saturated rings. The Labute approximate surface area is 179 Å². The number of benzene rings is 3. The Morgan fingerprint density at radius 3 is 2.35 bits per heavy atom. The first-order valence-electron chi connectivity index (χ1n) is 8.69. The van der Waals surface area contributed by atoms with E-state index in [0.717, 1.165) is 6.07 Å². The Morgan fingerprint density at radius 2 is 1.77 bits per heavy atom. The van der Waals surface area contributed by atoms with Gasteiger partial charge < -0.3 is 4.74 Å². The minimum atomic E-state index is -4.71. The molecule has 0 aliphatic carbocycles. The number of hydrogen-bond acceptors (Lipinski definition) is 4. The van der Waals surface area contributed by atoms with Gasteiger partial charge in [-0.3, -0.25) is 10.1 Å². The molecule has 0 spiro atoms. The van der Waals surface area contributed by atoms with Crippen molar-refractivity contribution in [1.82, 2.24) is 0 Å². The number of halogens is 4. The molecule has 5 nitrogen and oxygen atoms in total. The van der Waals surface area contributed by atoms with Crippen LogP contribution in [0.4, 0.5) is 18.9 Å². The van der Waals surface area contributed by atoms with Gasteiger partial charge in [0.15, 0.2) is 0 Å². The zero-order valence-electron chi connectivity index (χ0n) is 15.6. The van der Waals surface area contributed by atoms with Gasteiger partial charge in [-0.2, -0.15) is 18.4 Å². The standard InChI is InChI=1S/C22H12ClF3N2O3/c23-19-4-2-1-3-18(19)15(13-27)11-14-5-8-17(9-6-14)31-21-10-7-16(22(24,25)26)12-20(21)28(29)30/h1-12H. The summed E-state index contributed by atoms with van der Waals surface area (Å²) in [6.45, 7) is 0. The Hall–Kier alpha value is -3.83. The van der Waals surface area contributed by atoms with E-state index >= 15 is 0 Å². The second kappa shape index (κ2) is 8.90. The molecule has 0 bridgehead atoms. The van der Waals surface area contributed by atoms with Gasteiger partial charge in [0.05, 0.1) is 22.1 Å². The van der Waals surface area contributed by atoms with Crippen molar-refractivity contribution in [2.45, 2.75) is 6.18 Å². The Balaban J connectivity index is 1.87. The lowest BCUT2D eigenvalue weighted by Crippen LogP contribution is -2.06. The molecule has 9 heteroatoms. The molecule has 0 N–H and O–H groups in total. The minimum absolute atomic E-state index is 0.177. The van der Waals surface area contributed by atoms with Gasteiger partial charge in [-0.15, -0.1) is 0 Å². The van der Waals surface area contributed by atoms with Crippen LogP contribution in [0.5, 0.6) is 11.5 Å². The highest BCUT2D eigenvalue weighted by atomic mass is 35.5. The number of alkyl halides is 3. The second-order valence-electron chi connectivity index (χ2n) is 6.26. The lowest BCUT2D eigenvalue weighted by molar-refractivity contribution is -0.385. The highest BCUT2D eigenvalue weighted by Gasteiger charge is 2.33. The van der Waals surface area contributed by atoms with Gasteiger partial charge in [0.25, 0.3) is 0 Å². The summed E-state index contributed by atoms with van der Waals surface area (Å²) in [4.78, 5) is 10.2. The first-order valence-corrected chi connectivity index (χ1v) is 9.07. The fraction of sp³-hybridized carbons (Fsp3) is 0.0455. The van der Waals surface area contributed by atoms with Gasteiger partial charge in [0.1, 0.15) is 5.75 Å². The van der Waals surface area contributed by atoms with E-state index in [4.69, 9.17) is 16.3 Å². The number of nitrogens with zero attached hydrogens (tertiary/aromatic N) is 2. The van der Waals surface area contributed by atoms with E-state index in [0.29, 0.717) is 33.9 Å². The molecule has 0 saturated carbocycles. The van der Waals surface area contributed by atoms with Crippen LogP contribution >= 0.6 is 11.6 Å². The predicted octanol–water partition coefficient (Wildman–Crippen LogP) is 7.12. The highest BCUT2D eigenvalue weighted by Crippen LogP contribution is 2.38. The minimum Gasteiger partial charge on any atom is -0.450 e. The Bertz CT molecular complexity index is 1200. The molecule has 31 heavy (non-hydrogen) atoms. The highest BCUT2D eigenvalue weighted by molar-refractivity contribution is 6.32. The fourth-order valence-electron chi connectivity index (χ4n) is 2.70. The summed E-state index contributed by atoms with van der Waals surface area (Å²) in [7, 11) is 0. The molecule has 0 aliphatic rings. The summed E-state index contributed by atoms with van der Waals surface area (Å²) in [6.07, 6.45) is -3.11. The number of hydrogen-bond donors (Lipinski definition) is 0. The van der Waals surface area contributed by atoms with E-state index < -0.39 is 22.4 Å². The summed E-state index contributed by atoms with van der Waals surface area (Å²) >= 11 is 6.12. The van der Waals surface area contributed by atoms with Crippen molar-refractivity contribution >= 4 is 28.9 Å². The van der Waals surface area contributed by atoms with Gasteiger partial charge in [0.2, 0.25) is 5.75 Å². The first-order chi connectivity index (χ1) is 14.7. The predicted molar refractivity (Wildman–Crippen MR) is 110 cm³/mol. The monoisotopic (exact) mass is 444 g/mol. The molecule has 0 atom stereocenters. The smallest absolute Gasteiger partial charge is 0.416 e. The van der Waals surface area contributed by atoms with Crippen molar-refractivity contribution in [3.05, 3.63) is 98.6 Å².